The Kier molecular flexibility index (Phi) is 3.15. The first-order chi connectivity index (χ1) is 9.15. The minimum Gasteiger partial charge on any atom is -0.308 e. The Morgan fingerprint density at radius 3 is 2.84 bits per heavy atom. The molecule has 2 nitrogen and oxygen atoms in total. The molecule has 1 aliphatic heterocycles. The van der Waals surface area contributed by atoms with E-state index in [1.165, 1.54) is 16.0 Å². The first-order valence-electron chi connectivity index (χ1n) is 6.62. The summed E-state index contributed by atoms with van der Waals surface area (Å²) in [5.74, 6) is 0.133. The number of rotatable bonds is 1. The highest BCUT2D eigenvalue weighted by Gasteiger charge is 2.23. The largest absolute Gasteiger partial charge is 0.308 e. The lowest BCUT2D eigenvalue weighted by Gasteiger charge is -2.29. The fourth-order valence-electron chi connectivity index (χ4n) is 2.65. The monoisotopic (exact) mass is 271 g/mol. The zero-order valence-electron chi connectivity index (χ0n) is 11.3. The van der Waals surface area contributed by atoms with Gasteiger partial charge in [-0.1, -0.05) is 17.7 Å². The van der Waals surface area contributed by atoms with Gasteiger partial charge in [0.15, 0.2) is 0 Å². The van der Waals surface area contributed by atoms with Crippen LogP contribution in [0, 0.1) is 13.8 Å². The number of carbonyl (C=O) groups excluding carboxylic acids is 1. The molecule has 0 aliphatic carbocycles. The highest BCUT2D eigenvalue weighted by molar-refractivity contribution is 7.10. The SMILES string of the molecule is Cc1ccc2c(c1)CCCN2C(=O)c1csc(C)c1. The second kappa shape index (κ2) is 4.82. The van der Waals surface area contributed by atoms with Gasteiger partial charge in [0.1, 0.15) is 0 Å². The van der Waals surface area contributed by atoms with Gasteiger partial charge in [0.2, 0.25) is 0 Å². The summed E-state index contributed by atoms with van der Waals surface area (Å²) in [5, 5.41) is 1.96. The van der Waals surface area contributed by atoms with E-state index in [1.54, 1.807) is 11.3 Å². The van der Waals surface area contributed by atoms with Gasteiger partial charge in [0.05, 0.1) is 5.56 Å². The summed E-state index contributed by atoms with van der Waals surface area (Å²) in [6, 6.07) is 8.35. The number of hydrogen-bond acceptors (Lipinski definition) is 2. The van der Waals surface area contributed by atoms with Crippen molar-refractivity contribution in [2.45, 2.75) is 26.7 Å². The Morgan fingerprint density at radius 1 is 1.26 bits per heavy atom. The van der Waals surface area contributed by atoms with Crippen molar-refractivity contribution in [2.24, 2.45) is 0 Å². The quantitative estimate of drug-likeness (QED) is 0.769. The fraction of sp³-hybridized carbons (Fsp3) is 0.312. The molecule has 0 fully saturated rings. The standard InChI is InChI=1S/C16H17NOS/c1-11-5-6-15-13(8-11)4-3-7-17(15)16(18)14-9-12(2)19-10-14/h5-6,8-10H,3-4,7H2,1-2H3. The number of benzene rings is 1. The lowest BCUT2D eigenvalue weighted by molar-refractivity contribution is 0.0985. The van der Waals surface area contributed by atoms with E-state index in [4.69, 9.17) is 0 Å². The van der Waals surface area contributed by atoms with Crippen LogP contribution >= 0.6 is 11.3 Å². The van der Waals surface area contributed by atoms with Crippen molar-refractivity contribution in [2.75, 3.05) is 11.4 Å². The molecule has 0 bridgehead atoms. The fourth-order valence-corrected chi connectivity index (χ4v) is 3.33. The van der Waals surface area contributed by atoms with Gasteiger partial charge in [-0.05, 0) is 44.4 Å². The van der Waals surface area contributed by atoms with Crippen molar-refractivity contribution in [3.8, 4) is 0 Å². The minimum atomic E-state index is 0.133. The van der Waals surface area contributed by atoms with E-state index < -0.39 is 0 Å². The third-order valence-corrected chi connectivity index (χ3v) is 4.44. The van der Waals surface area contributed by atoms with E-state index in [0.717, 1.165) is 30.6 Å². The molecule has 98 valence electrons. The predicted molar refractivity (Wildman–Crippen MR) is 80.2 cm³/mol. The average Bonchev–Trinajstić information content (AvgIpc) is 2.83. The third-order valence-electron chi connectivity index (χ3n) is 3.58. The molecule has 0 spiro atoms. The molecule has 19 heavy (non-hydrogen) atoms. The molecule has 0 radical (unpaired) electrons. The summed E-state index contributed by atoms with van der Waals surface area (Å²) in [6.45, 7) is 4.96. The number of anilines is 1. The first kappa shape index (κ1) is 12.4. The highest BCUT2D eigenvalue weighted by atomic mass is 32.1. The highest BCUT2D eigenvalue weighted by Crippen LogP contribution is 2.29. The minimum absolute atomic E-state index is 0.133. The zero-order chi connectivity index (χ0) is 13.4. The normalized spacial score (nSPS) is 14.3. The van der Waals surface area contributed by atoms with E-state index >= 15 is 0 Å². The Labute approximate surface area is 117 Å². The summed E-state index contributed by atoms with van der Waals surface area (Å²) in [5.41, 5.74) is 4.47. The number of amides is 1. The van der Waals surface area contributed by atoms with E-state index in [9.17, 15) is 4.79 Å². The smallest absolute Gasteiger partial charge is 0.259 e. The number of thiophene rings is 1. The van der Waals surface area contributed by atoms with Crippen molar-refractivity contribution >= 4 is 22.9 Å². The molecule has 3 heteroatoms. The van der Waals surface area contributed by atoms with Crippen molar-refractivity contribution < 1.29 is 4.79 Å². The Balaban J connectivity index is 1.97. The molecule has 3 rings (SSSR count). The summed E-state index contributed by atoms with van der Waals surface area (Å²) in [6.07, 6.45) is 2.12. The molecule has 2 heterocycles. The van der Waals surface area contributed by atoms with Crippen LogP contribution in [-0.4, -0.2) is 12.5 Å². The number of nitrogens with zero attached hydrogens (tertiary/aromatic N) is 1. The van der Waals surface area contributed by atoms with Crippen LogP contribution in [0.2, 0.25) is 0 Å². The molecule has 0 saturated heterocycles. The first-order valence-corrected chi connectivity index (χ1v) is 7.49. The number of carbonyl (C=O) groups is 1. The van der Waals surface area contributed by atoms with Gasteiger partial charge in [-0.2, -0.15) is 0 Å². The van der Waals surface area contributed by atoms with Crippen LogP contribution in [0.1, 0.15) is 32.8 Å². The second-order valence-corrected chi connectivity index (χ2v) is 6.25. The van der Waals surface area contributed by atoms with Gasteiger partial charge in [-0.25, -0.2) is 0 Å². The molecule has 0 atom stereocenters. The lowest BCUT2D eigenvalue weighted by atomic mass is 9.99. The Hall–Kier alpha value is -1.61. The van der Waals surface area contributed by atoms with Gasteiger partial charge < -0.3 is 4.90 Å². The van der Waals surface area contributed by atoms with E-state index in [2.05, 4.69) is 25.1 Å². The lowest BCUT2D eigenvalue weighted by Crippen LogP contribution is -2.35. The zero-order valence-corrected chi connectivity index (χ0v) is 12.1. The maximum Gasteiger partial charge on any atom is 0.259 e. The average molecular weight is 271 g/mol. The molecule has 0 N–H and O–H groups in total. The topological polar surface area (TPSA) is 20.3 Å². The van der Waals surface area contributed by atoms with E-state index in [-0.39, 0.29) is 5.91 Å². The van der Waals surface area contributed by atoms with Crippen molar-refractivity contribution in [3.05, 3.63) is 51.2 Å². The van der Waals surface area contributed by atoms with Gasteiger partial charge in [0.25, 0.3) is 5.91 Å². The number of aryl methyl sites for hydroxylation is 3. The molecule has 1 aromatic carbocycles. The van der Waals surface area contributed by atoms with Crippen LogP contribution in [0.3, 0.4) is 0 Å². The van der Waals surface area contributed by atoms with Gasteiger partial charge in [-0.15, -0.1) is 11.3 Å². The van der Waals surface area contributed by atoms with Crippen LogP contribution in [0.25, 0.3) is 0 Å². The van der Waals surface area contributed by atoms with E-state index in [0.29, 0.717) is 0 Å². The summed E-state index contributed by atoms with van der Waals surface area (Å²) < 4.78 is 0. The predicted octanol–water partition coefficient (Wildman–Crippen LogP) is 3.96. The molecule has 1 amide bonds. The molecule has 2 aromatic rings. The third kappa shape index (κ3) is 2.30. The van der Waals surface area contributed by atoms with E-state index in [1.807, 2.05) is 23.3 Å². The Bertz CT molecular complexity index is 629. The maximum atomic E-state index is 12.6. The molecular weight excluding hydrogens is 254 g/mol. The van der Waals surface area contributed by atoms with Crippen molar-refractivity contribution in [1.29, 1.82) is 0 Å². The van der Waals surface area contributed by atoms with Crippen LogP contribution in [-0.2, 0) is 6.42 Å². The summed E-state index contributed by atoms with van der Waals surface area (Å²) >= 11 is 1.63. The van der Waals surface area contributed by atoms with Crippen molar-refractivity contribution in [1.82, 2.24) is 0 Å². The van der Waals surface area contributed by atoms with Gasteiger partial charge in [-0.3, -0.25) is 4.79 Å². The van der Waals surface area contributed by atoms with Gasteiger partial charge >= 0.3 is 0 Å². The maximum absolute atomic E-state index is 12.6. The number of fused-ring (bicyclic) bond motifs is 1. The molecule has 1 aromatic heterocycles. The molecular formula is C16H17NOS. The van der Waals surface area contributed by atoms with Crippen LogP contribution in [0.5, 0.6) is 0 Å². The number of hydrogen-bond donors (Lipinski definition) is 0. The molecule has 1 aliphatic rings. The van der Waals surface area contributed by atoms with Crippen molar-refractivity contribution in [3.63, 3.8) is 0 Å². The summed E-state index contributed by atoms with van der Waals surface area (Å²) in [4.78, 5) is 15.7. The second-order valence-electron chi connectivity index (χ2n) is 5.14. The Morgan fingerprint density at radius 2 is 2.11 bits per heavy atom. The van der Waals surface area contributed by atoms with Crippen LogP contribution < -0.4 is 4.90 Å². The molecule has 0 unspecified atom stereocenters. The van der Waals surface area contributed by atoms with Crippen LogP contribution in [0.4, 0.5) is 5.69 Å². The molecule has 0 saturated carbocycles. The van der Waals surface area contributed by atoms with Gasteiger partial charge in [0, 0.05) is 22.5 Å². The van der Waals surface area contributed by atoms with Crippen LogP contribution in [0.15, 0.2) is 29.6 Å². The summed E-state index contributed by atoms with van der Waals surface area (Å²) in [7, 11) is 0.